The van der Waals surface area contributed by atoms with Crippen LogP contribution in [0.3, 0.4) is 0 Å². The minimum atomic E-state index is -0.388. The number of rotatable bonds is 6. The van der Waals surface area contributed by atoms with Gasteiger partial charge in [0.05, 0.1) is 30.3 Å². The lowest BCUT2D eigenvalue weighted by atomic mass is 9.75. The first-order valence-corrected chi connectivity index (χ1v) is 11.0. The fraction of sp³-hybridized carbons (Fsp3) is 0.950. The Morgan fingerprint density at radius 2 is 1.96 bits per heavy atom. The first-order chi connectivity index (χ1) is 11.9. The Kier molecular flexibility index (Phi) is 4.87. The summed E-state index contributed by atoms with van der Waals surface area (Å²) >= 11 is 1.98. The second kappa shape index (κ2) is 6.72. The lowest BCUT2D eigenvalue weighted by molar-refractivity contribution is -0.170. The number of thioether (sulfide) groups is 1. The quantitative estimate of drug-likeness (QED) is 0.525. The van der Waals surface area contributed by atoms with Crippen LogP contribution in [-0.2, 0) is 19.0 Å². The Morgan fingerprint density at radius 1 is 1.24 bits per heavy atom. The third-order valence-electron chi connectivity index (χ3n) is 6.80. The third-order valence-corrected chi connectivity index (χ3v) is 7.74. The van der Waals surface area contributed by atoms with Gasteiger partial charge in [0, 0.05) is 16.9 Å². The van der Waals surface area contributed by atoms with Crippen molar-refractivity contribution in [1.82, 2.24) is 0 Å². The van der Waals surface area contributed by atoms with E-state index in [-0.39, 0.29) is 23.1 Å². The molecule has 4 unspecified atom stereocenters. The van der Waals surface area contributed by atoms with E-state index in [4.69, 9.17) is 14.2 Å². The summed E-state index contributed by atoms with van der Waals surface area (Å²) < 4.78 is 17.8. The van der Waals surface area contributed by atoms with Crippen LogP contribution in [-0.4, -0.2) is 47.0 Å². The van der Waals surface area contributed by atoms with Gasteiger partial charge >= 0.3 is 5.97 Å². The fourth-order valence-electron chi connectivity index (χ4n) is 4.58. The molecule has 5 heteroatoms. The van der Waals surface area contributed by atoms with Gasteiger partial charge in [-0.25, -0.2) is 0 Å². The Bertz CT molecular complexity index is 510. The molecule has 0 spiro atoms. The number of epoxide rings is 1. The van der Waals surface area contributed by atoms with E-state index in [2.05, 4.69) is 20.8 Å². The monoisotopic (exact) mass is 368 g/mol. The standard InChI is InChI=1S/C20H32O4S/c1-19(2,14-8-9-20(3)17(10-14)23-20)24-18(21)13-4-6-15(7-5-13)22-11-16-12-25-16/h13-17H,4-12H2,1-3H3. The average molecular weight is 369 g/mol. The van der Waals surface area contributed by atoms with E-state index in [1.54, 1.807) is 0 Å². The van der Waals surface area contributed by atoms with Crippen molar-refractivity contribution in [3.63, 3.8) is 0 Å². The maximum Gasteiger partial charge on any atom is 0.309 e. The molecule has 2 saturated carbocycles. The van der Waals surface area contributed by atoms with Crippen molar-refractivity contribution in [3.8, 4) is 0 Å². The minimum Gasteiger partial charge on any atom is -0.459 e. The van der Waals surface area contributed by atoms with Crippen LogP contribution >= 0.6 is 11.8 Å². The molecule has 142 valence electrons. The number of hydrogen-bond donors (Lipinski definition) is 0. The van der Waals surface area contributed by atoms with Crippen LogP contribution in [0.2, 0.25) is 0 Å². The molecule has 2 aliphatic heterocycles. The van der Waals surface area contributed by atoms with Gasteiger partial charge in [-0.3, -0.25) is 4.79 Å². The van der Waals surface area contributed by atoms with Crippen molar-refractivity contribution in [3.05, 3.63) is 0 Å². The van der Waals surface area contributed by atoms with E-state index in [0.717, 1.165) is 56.8 Å². The highest BCUT2D eigenvalue weighted by molar-refractivity contribution is 8.06. The Labute approximate surface area is 155 Å². The summed E-state index contributed by atoms with van der Waals surface area (Å²) in [5.41, 5.74) is -0.269. The zero-order valence-electron chi connectivity index (χ0n) is 15.8. The number of carbonyl (C=O) groups excluding carboxylic acids is 1. The first kappa shape index (κ1) is 18.1. The van der Waals surface area contributed by atoms with Crippen LogP contribution in [0.1, 0.15) is 65.7 Å². The average Bonchev–Trinajstić information content (AvgIpc) is 3.47. The summed E-state index contributed by atoms with van der Waals surface area (Å²) in [7, 11) is 0. The van der Waals surface area contributed by atoms with E-state index >= 15 is 0 Å². The van der Waals surface area contributed by atoms with Gasteiger partial charge in [0.2, 0.25) is 0 Å². The maximum absolute atomic E-state index is 12.7. The van der Waals surface area contributed by atoms with Crippen LogP contribution in [0, 0.1) is 11.8 Å². The highest BCUT2D eigenvalue weighted by atomic mass is 32.2. The molecule has 25 heavy (non-hydrogen) atoms. The van der Waals surface area contributed by atoms with Gasteiger partial charge in [0.15, 0.2) is 0 Å². The van der Waals surface area contributed by atoms with Gasteiger partial charge in [0.1, 0.15) is 5.60 Å². The molecule has 4 rings (SSSR count). The molecule has 2 saturated heterocycles. The van der Waals surface area contributed by atoms with E-state index < -0.39 is 0 Å². The van der Waals surface area contributed by atoms with Gasteiger partial charge in [-0.1, -0.05) is 0 Å². The third kappa shape index (κ3) is 4.19. The number of hydrogen-bond acceptors (Lipinski definition) is 5. The van der Waals surface area contributed by atoms with Crippen LogP contribution in [0.5, 0.6) is 0 Å². The highest BCUT2D eigenvalue weighted by Gasteiger charge is 2.57. The normalized spacial score (nSPS) is 43.2. The van der Waals surface area contributed by atoms with Gasteiger partial charge in [-0.15, -0.1) is 0 Å². The maximum atomic E-state index is 12.7. The molecule has 0 N–H and O–H groups in total. The molecular weight excluding hydrogens is 336 g/mol. The number of esters is 1. The Balaban J connectivity index is 1.22. The molecule has 4 nitrogen and oxygen atoms in total. The Morgan fingerprint density at radius 3 is 2.60 bits per heavy atom. The molecule has 0 aromatic rings. The van der Waals surface area contributed by atoms with Crippen LogP contribution in [0.4, 0.5) is 0 Å². The van der Waals surface area contributed by atoms with Gasteiger partial charge < -0.3 is 14.2 Å². The lowest BCUT2D eigenvalue weighted by Crippen LogP contribution is -2.42. The predicted octanol–water partition coefficient (Wildman–Crippen LogP) is 3.96. The zero-order chi connectivity index (χ0) is 17.7. The smallest absolute Gasteiger partial charge is 0.309 e. The summed E-state index contributed by atoms with van der Waals surface area (Å²) in [6.45, 7) is 7.27. The molecule has 4 atom stereocenters. The number of carbonyl (C=O) groups is 1. The van der Waals surface area contributed by atoms with Crippen LogP contribution in [0.15, 0.2) is 0 Å². The lowest BCUT2D eigenvalue weighted by Gasteiger charge is -2.38. The topological polar surface area (TPSA) is 48.1 Å². The van der Waals surface area contributed by atoms with Crippen LogP contribution in [0.25, 0.3) is 0 Å². The highest BCUT2D eigenvalue weighted by Crippen LogP contribution is 2.52. The molecule has 0 aromatic heterocycles. The van der Waals surface area contributed by atoms with Crippen LogP contribution < -0.4 is 0 Å². The second-order valence-electron chi connectivity index (χ2n) is 9.18. The summed E-state index contributed by atoms with van der Waals surface area (Å²) in [6, 6.07) is 0. The SMILES string of the molecule is CC(C)(OC(=O)C1CCC(OCC2CS2)CC1)C1CCC2(C)OC2C1. The van der Waals surface area contributed by atoms with Crippen molar-refractivity contribution < 1.29 is 19.0 Å². The molecule has 0 radical (unpaired) electrons. The summed E-state index contributed by atoms with van der Waals surface area (Å²) in [5.74, 6) is 1.72. The summed E-state index contributed by atoms with van der Waals surface area (Å²) in [6.07, 6.45) is 7.74. The predicted molar refractivity (Wildman–Crippen MR) is 98.7 cm³/mol. The largest absolute Gasteiger partial charge is 0.459 e. The van der Waals surface area contributed by atoms with E-state index in [9.17, 15) is 4.79 Å². The van der Waals surface area contributed by atoms with E-state index in [1.165, 1.54) is 5.75 Å². The molecule has 0 amide bonds. The van der Waals surface area contributed by atoms with E-state index in [1.807, 2.05) is 11.8 Å². The molecule has 2 heterocycles. The minimum absolute atomic E-state index is 0.00579. The molecule has 0 bridgehead atoms. The molecule has 0 aromatic carbocycles. The van der Waals surface area contributed by atoms with Gasteiger partial charge in [-0.2, -0.15) is 11.8 Å². The van der Waals surface area contributed by atoms with Gasteiger partial charge in [0.25, 0.3) is 0 Å². The number of ether oxygens (including phenoxy) is 3. The van der Waals surface area contributed by atoms with Crippen molar-refractivity contribution in [2.45, 2.75) is 94.4 Å². The molecule has 4 aliphatic rings. The second-order valence-corrected chi connectivity index (χ2v) is 10.5. The zero-order valence-corrected chi connectivity index (χ0v) is 16.6. The summed E-state index contributed by atoms with van der Waals surface area (Å²) in [4.78, 5) is 12.7. The molecule has 2 aliphatic carbocycles. The van der Waals surface area contributed by atoms with Gasteiger partial charge in [-0.05, 0) is 65.7 Å². The fourth-order valence-corrected chi connectivity index (χ4v) is 4.98. The molecular formula is C20H32O4S. The van der Waals surface area contributed by atoms with E-state index in [0.29, 0.717) is 18.1 Å². The van der Waals surface area contributed by atoms with Crippen molar-refractivity contribution in [2.24, 2.45) is 11.8 Å². The summed E-state index contributed by atoms with van der Waals surface area (Å²) in [5, 5.41) is 0.733. The Hall–Kier alpha value is -0.260. The first-order valence-electron chi connectivity index (χ1n) is 9.99. The molecule has 4 fully saturated rings. The van der Waals surface area contributed by atoms with Crippen molar-refractivity contribution >= 4 is 17.7 Å². The number of fused-ring (bicyclic) bond motifs is 1. The van der Waals surface area contributed by atoms with Crippen molar-refractivity contribution in [1.29, 1.82) is 0 Å². The van der Waals surface area contributed by atoms with Crippen molar-refractivity contribution in [2.75, 3.05) is 12.4 Å².